The molecule has 0 fully saturated rings. The lowest BCUT2D eigenvalue weighted by Crippen LogP contribution is -2.22. The van der Waals surface area contributed by atoms with Crippen molar-refractivity contribution in [3.63, 3.8) is 0 Å². The molecular formula is C16H25N3O. The van der Waals surface area contributed by atoms with Crippen molar-refractivity contribution in [1.29, 1.82) is 0 Å². The summed E-state index contributed by atoms with van der Waals surface area (Å²) >= 11 is 0. The van der Waals surface area contributed by atoms with Gasteiger partial charge in [0.2, 0.25) is 0 Å². The molecule has 1 aromatic heterocycles. The van der Waals surface area contributed by atoms with Crippen molar-refractivity contribution in [3.8, 4) is 0 Å². The summed E-state index contributed by atoms with van der Waals surface area (Å²) in [4.78, 5) is 0. The van der Waals surface area contributed by atoms with E-state index < -0.39 is 0 Å². The molecule has 110 valence electrons. The Hall–Kier alpha value is -1.39. The van der Waals surface area contributed by atoms with Gasteiger partial charge < -0.3 is 10.1 Å². The molecule has 0 unspecified atom stereocenters. The molecule has 0 amide bonds. The van der Waals surface area contributed by atoms with Crippen molar-refractivity contribution < 1.29 is 4.74 Å². The molecule has 0 radical (unpaired) electrons. The van der Waals surface area contributed by atoms with Gasteiger partial charge in [-0.2, -0.15) is 5.10 Å². The van der Waals surface area contributed by atoms with Gasteiger partial charge in [0.1, 0.15) is 0 Å². The maximum atomic E-state index is 5.63. The summed E-state index contributed by atoms with van der Waals surface area (Å²) in [7, 11) is 0. The van der Waals surface area contributed by atoms with E-state index in [-0.39, 0.29) is 6.10 Å². The van der Waals surface area contributed by atoms with Crippen LogP contribution in [0, 0.1) is 0 Å². The summed E-state index contributed by atoms with van der Waals surface area (Å²) in [5.74, 6) is 0. The summed E-state index contributed by atoms with van der Waals surface area (Å²) in [6.07, 6.45) is 0.263. The standard InChI is InChI=1S/C16H25N3O/c1-12(2)17-11-15-14-7-5-6-8-16(14)19(18-15)9-10-20-13(3)4/h5-8,12-13,17H,9-11H2,1-4H3. The van der Waals surface area contributed by atoms with Gasteiger partial charge in [-0.15, -0.1) is 0 Å². The Morgan fingerprint density at radius 3 is 2.65 bits per heavy atom. The molecule has 0 aliphatic rings. The van der Waals surface area contributed by atoms with Crippen LogP contribution in [0.15, 0.2) is 24.3 Å². The molecule has 4 nitrogen and oxygen atoms in total. The third-order valence-electron chi connectivity index (χ3n) is 3.17. The molecule has 1 N–H and O–H groups in total. The summed E-state index contributed by atoms with van der Waals surface area (Å²) in [5.41, 5.74) is 2.29. The Morgan fingerprint density at radius 1 is 1.20 bits per heavy atom. The van der Waals surface area contributed by atoms with E-state index in [4.69, 9.17) is 9.84 Å². The summed E-state index contributed by atoms with van der Waals surface area (Å²) in [6, 6.07) is 8.85. The molecule has 2 aromatic rings. The molecule has 4 heteroatoms. The molecule has 0 spiro atoms. The van der Waals surface area contributed by atoms with Crippen LogP contribution in [0.1, 0.15) is 33.4 Å². The number of para-hydroxylation sites is 1. The zero-order valence-electron chi connectivity index (χ0n) is 12.9. The van der Waals surface area contributed by atoms with Crippen molar-refractivity contribution in [1.82, 2.24) is 15.1 Å². The summed E-state index contributed by atoms with van der Waals surface area (Å²) in [6.45, 7) is 10.7. The van der Waals surface area contributed by atoms with E-state index in [0.717, 1.165) is 18.8 Å². The fourth-order valence-corrected chi connectivity index (χ4v) is 2.17. The summed E-state index contributed by atoms with van der Waals surface area (Å²) < 4.78 is 7.68. The molecule has 0 aliphatic carbocycles. The minimum atomic E-state index is 0.263. The van der Waals surface area contributed by atoms with Gasteiger partial charge in [-0.05, 0) is 19.9 Å². The van der Waals surface area contributed by atoms with Gasteiger partial charge in [0.15, 0.2) is 0 Å². The normalized spacial score (nSPS) is 11.9. The first-order valence-corrected chi connectivity index (χ1v) is 7.37. The van der Waals surface area contributed by atoms with E-state index >= 15 is 0 Å². The molecule has 2 rings (SSSR count). The zero-order chi connectivity index (χ0) is 14.5. The molecule has 0 saturated heterocycles. The molecule has 0 atom stereocenters. The number of fused-ring (bicyclic) bond motifs is 1. The lowest BCUT2D eigenvalue weighted by Gasteiger charge is -2.08. The zero-order valence-corrected chi connectivity index (χ0v) is 12.9. The maximum Gasteiger partial charge on any atom is 0.0841 e. The second kappa shape index (κ2) is 6.86. The highest BCUT2D eigenvalue weighted by Gasteiger charge is 2.10. The predicted molar refractivity (Wildman–Crippen MR) is 82.8 cm³/mol. The van der Waals surface area contributed by atoms with Gasteiger partial charge in [-0.3, -0.25) is 4.68 Å². The SMILES string of the molecule is CC(C)NCc1nn(CCOC(C)C)c2ccccc12. The van der Waals surface area contributed by atoms with E-state index in [0.29, 0.717) is 12.6 Å². The van der Waals surface area contributed by atoms with Gasteiger partial charge in [0.25, 0.3) is 0 Å². The first-order valence-electron chi connectivity index (χ1n) is 7.37. The minimum Gasteiger partial charge on any atom is -0.377 e. The van der Waals surface area contributed by atoms with Crippen LogP contribution in [-0.2, 0) is 17.8 Å². The molecule has 0 bridgehead atoms. The fraction of sp³-hybridized carbons (Fsp3) is 0.562. The Balaban J connectivity index is 2.17. The highest BCUT2D eigenvalue weighted by Crippen LogP contribution is 2.18. The fourth-order valence-electron chi connectivity index (χ4n) is 2.17. The average molecular weight is 275 g/mol. The van der Waals surface area contributed by atoms with E-state index in [1.807, 2.05) is 0 Å². The van der Waals surface area contributed by atoms with Crippen molar-refractivity contribution in [3.05, 3.63) is 30.0 Å². The highest BCUT2D eigenvalue weighted by molar-refractivity contribution is 5.81. The van der Waals surface area contributed by atoms with Crippen LogP contribution in [0.3, 0.4) is 0 Å². The van der Waals surface area contributed by atoms with Gasteiger partial charge >= 0.3 is 0 Å². The molecule has 20 heavy (non-hydrogen) atoms. The Bertz CT molecular complexity index is 546. The second-order valence-electron chi connectivity index (χ2n) is 5.64. The number of ether oxygens (including phenoxy) is 1. The third-order valence-corrected chi connectivity index (χ3v) is 3.17. The van der Waals surface area contributed by atoms with E-state index in [2.05, 4.69) is 62.0 Å². The van der Waals surface area contributed by atoms with Crippen LogP contribution in [0.2, 0.25) is 0 Å². The predicted octanol–water partition coefficient (Wildman–Crippen LogP) is 2.96. The van der Waals surface area contributed by atoms with Crippen LogP contribution in [-0.4, -0.2) is 28.5 Å². The number of rotatable bonds is 7. The van der Waals surface area contributed by atoms with Gasteiger partial charge in [-0.25, -0.2) is 0 Å². The van der Waals surface area contributed by atoms with Gasteiger partial charge in [0, 0.05) is 18.0 Å². The van der Waals surface area contributed by atoms with Gasteiger partial charge in [0.05, 0.1) is 30.5 Å². The largest absolute Gasteiger partial charge is 0.377 e. The lowest BCUT2D eigenvalue weighted by atomic mass is 10.2. The van der Waals surface area contributed by atoms with E-state index in [9.17, 15) is 0 Å². The quantitative estimate of drug-likeness (QED) is 0.844. The molecule has 0 saturated carbocycles. The van der Waals surface area contributed by atoms with E-state index in [1.165, 1.54) is 10.9 Å². The van der Waals surface area contributed by atoms with Crippen molar-refractivity contribution in [2.75, 3.05) is 6.61 Å². The Kier molecular flexibility index (Phi) is 5.15. The second-order valence-corrected chi connectivity index (χ2v) is 5.64. The molecule has 0 aliphatic heterocycles. The van der Waals surface area contributed by atoms with Crippen LogP contribution in [0.4, 0.5) is 0 Å². The first-order chi connectivity index (χ1) is 9.58. The molecule has 1 heterocycles. The highest BCUT2D eigenvalue weighted by atomic mass is 16.5. The monoisotopic (exact) mass is 275 g/mol. The Labute approximate surface area is 121 Å². The minimum absolute atomic E-state index is 0.263. The third kappa shape index (κ3) is 3.81. The number of nitrogens with one attached hydrogen (secondary N) is 1. The molecule has 1 aromatic carbocycles. The average Bonchev–Trinajstić information content (AvgIpc) is 2.75. The van der Waals surface area contributed by atoms with Crippen LogP contribution >= 0.6 is 0 Å². The van der Waals surface area contributed by atoms with E-state index in [1.54, 1.807) is 0 Å². The first kappa shape index (κ1) is 15.0. The van der Waals surface area contributed by atoms with Crippen molar-refractivity contribution in [2.24, 2.45) is 0 Å². The number of aromatic nitrogens is 2. The van der Waals surface area contributed by atoms with Crippen molar-refractivity contribution in [2.45, 2.75) is 52.9 Å². The summed E-state index contributed by atoms with van der Waals surface area (Å²) in [5, 5.41) is 9.39. The Morgan fingerprint density at radius 2 is 1.95 bits per heavy atom. The van der Waals surface area contributed by atoms with Crippen LogP contribution < -0.4 is 5.32 Å². The van der Waals surface area contributed by atoms with Crippen molar-refractivity contribution >= 4 is 10.9 Å². The van der Waals surface area contributed by atoms with Crippen LogP contribution in [0.5, 0.6) is 0 Å². The smallest absolute Gasteiger partial charge is 0.0841 e. The maximum absolute atomic E-state index is 5.63. The van der Waals surface area contributed by atoms with Crippen LogP contribution in [0.25, 0.3) is 10.9 Å². The topological polar surface area (TPSA) is 39.1 Å². The number of nitrogens with zero attached hydrogens (tertiary/aromatic N) is 2. The number of hydrogen-bond acceptors (Lipinski definition) is 3. The van der Waals surface area contributed by atoms with Gasteiger partial charge in [-0.1, -0.05) is 32.0 Å². The lowest BCUT2D eigenvalue weighted by molar-refractivity contribution is 0.0715. The molecular weight excluding hydrogens is 250 g/mol. The number of hydrogen-bond donors (Lipinski definition) is 1. The number of benzene rings is 1.